The third-order valence-corrected chi connectivity index (χ3v) is 3.76. The Morgan fingerprint density at radius 1 is 1.00 bits per heavy atom. The molecule has 0 spiro atoms. The standard InChI is InChI=1S/C18H10N2O4/c21-13-9-14(11-5-7-12(8-6-11)20(22)23)18-17(10-13)24-16-4-2-1-3-15(16)19-18/h1-10H. The summed E-state index contributed by atoms with van der Waals surface area (Å²) < 4.78 is 5.78. The zero-order valence-corrected chi connectivity index (χ0v) is 12.3. The van der Waals surface area contributed by atoms with Crippen molar-refractivity contribution >= 4 is 16.8 Å². The highest BCUT2D eigenvalue weighted by Gasteiger charge is 2.17. The highest BCUT2D eigenvalue weighted by Crippen LogP contribution is 2.33. The molecular weight excluding hydrogens is 308 g/mol. The number of hydrogen-bond donors (Lipinski definition) is 0. The first-order chi connectivity index (χ1) is 11.6. The average molecular weight is 318 g/mol. The van der Waals surface area contributed by atoms with E-state index < -0.39 is 4.92 Å². The van der Waals surface area contributed by atoms with Gasteiger partial charge in [0.15, 0.2) is 16.8 Å². The van der Waals surface area contributed by atoms with Gasteiger partial charge in [0.05, 0.1) is 4.92 Å². The van der Waals surface area contributed by atoms with Crippen molar-refractivity contribution in [2.24, 2.45) is 0 Å². The van der Waals surface area contributed by atoms with E-state index in [9.17, 15) is 14.9 Å². The highest BCUT2D eigenvalue weighted by atomic mass is 16.6. The molecular formula is C18H10N2O4. The van der Waals surface area contributed by atoms with Crippen LogP contribution in [-0.2, 0) is 0 Å². The van der Waals surface area contributed by atoms with Gasteiger partial charge in [-0.2, -0.15) is 0 Å². The van der Waals surface area contributed by atoms with Gasteiger partial charge >= 0.3 is 0 Å². The summed E-state index contributed by atoms with van der Waals surface area (Å²) in [5, 5.41) is 10.8. The SMILES string of the molecule is O=c1cc2oc3ccccc3nc-2c(-c2ccc([N+](=O)[O-])cc2)c1. The molecule has 0 N–H and O–H groups in total. The van der Waals surface area contributed by atoms with E-state index in [1.165, 1.54) is 24.3 Å². The Balaban J connectivity index is 1.99. The van der Waals surface area contributed by atoms with E-state index >= 15 is 0 Å². The normalized spacial score (nSPS) is 11.0. The van der Waals surface area contributed by atoms with Gasteiger partial charge in [-0.05, 0) is 35.9 Å². The Bertz CT molecular complexity index is 1100. The molecule has 6 heteroatoms. The molecule has 0 saturated carbocycles. The van der Waals surface area contributed by atoms with Crippen LogP contribution in [0.2, 0.25) is 0 Å². The molecule has 1 aliphatic carbocycles. The molecule has 2 aromatic carbocycles. The molecule has 1 heterocycles. The Morgan fingerprint density at radius 2 is 1.75 bits per heavy atom. The number of para-hydroxylation sites is 2. The lowest BCUT2D eigenvalue weighted by Gasteiger charge is -2.11. The number of nitro benzene ring substituents is 1. The number of benzene rings is 3. The molecule has 0 saturated heterocycles. The van der Waals surface area contributed by atoms with Crippen molar-refractivity contribution in [2.75, 3.05) is 0 Å². The fraction of sp³-hybridized carbons (Fsp3) is 0. The van der Waals surface area contributed by atoms with Gasteiger partial charge in [-0.3, -0.25) is 14.9 Å². The van der Waals surface area contributed by atoms with Gasteiger partial charge < -0.3 is 4.42 Å². The molecule has 1 aliphatic heterocycles. The molecule has 2 aliphatic rings. The number of fused-ring (bicyclic) bond motifs is 2. The minimum Gasteiger partial charge on any atom is -0.453 e. The van der Waals surface area contributed by atoms with E-state index in [0.717, 1.165) is 0 Å². The van der Waals surface area contributed by atoms with Crippen LogP contribution in [0.25, 0.3) is 33.7 Å². The molecule has 0 atom stereocenters. The number of non-ortho nitro benzene ring substituents is 1. The van der Waals surface area contributed by atoms with E-state index in [1.54, 1.807) is 18.2 Å². The van der Waals surface area contributed by atoms with E-state index in [2.05, 4.69) is 4.98 Å². The fourth-order valence-corrected chi connectivity index (χ4v) is 2.63. The van der Waals surface area contributed by atoms with Gasteiger partial charge in [-0.25, -0.2) is 4.98 Å². The third-order valence-electron chi connectivity index (χ3n) is 3.76. The van der Waals surface area contributed by atoms with Crippen molar-refractivity contribution in [3.63, 3.8) is 0 Å². The summed E-state index contributed by atoms with van der Waals surface area (Å²) in [7, 11) is 0. The summed E-state index contributed by atoms with van der Waals surface area (Å²) in [6.07, 6.45) is 0. The van der Waals surface area contributed by atoms with Crippen molar-refractivity contribution in [1.29, 1.82) is 0 Å². The molecule has 0 amide bonds. The summed E-state index contributed by atoms with van der Waals surface area (Å²) in [5.74, 6) is 0.384. The lowest BCUT2D eigenvalue weighted by Crippen LogP contribution is -2.03. The first-order valence-electron chi connectivity index (χ1n) is 7.20. The van der Waals surface area contributed by atoms with Crippen molar-refractivity contribution < 1.29 is 9.34 Å². The van der Waals surface area contributed by atoms with Crippen LogP contribution in [-0.4, -0.2) is 9.91 Å². The smallest absolute Gasteiger partial charge is 0.269 e. The number of hydrogen-bond acceptors (Lipinski definition) is 5. The number of aromatic nitrogens is 1. The third kappa shape index (κ3) is 2.30. The molecule has 4 rings (SSSR count). The summed E-state index contributed by atoms with van der Waals surface area (Å²) >= 11 is 0. The predicted molar refractivity (Wildman–Crippen MR) is 89.0 cm³/mol. The number of nitrogens with zero attached hydrogens (tertiary/aromatic N) is 2. The van der Waals surface area contributed by atoms with E-state index in [-0.39, 0.29) is 11.1 Å². The zero-order valence-electron chi connectivity index (χ0n) is 12.3. The second-order valence-electron chi connectivity index (χ2n) is 5.30. The number of nitro groups is 1. The maximum Gasteiger partial charge on any atom is 0.269 e. The first kappa shape index (κ1) is 14.1. The van der Waals surface area contributed by atoms with Crippen LogP contribution in [0, 0.1) is 10.1 Å². The van der Waals surface area contributed by atoms with Gasteiger partial charge in [0.2, 0.25) is 0 Å². The molecule has 0 unspecified atom stereocenters. The van der Waals surface area contributed by atoms with Crippen molar-refractivity contribution in [3.05, 3.63) is 81.0 Å². The van der Waals surface area contributed by atoms with Crippen LogP contribution in [0.1, 0.15) is 0 Å². The van der Waals surface area contributed by atoms with Gasteiger partial charge in [-0.15, -0.1) is 0 Å². The quantitative estimate of drug-likeness (QED) is 0.318. The Labute approximate surface area is 135 Å². The van der Waals surface area contributed by atoms with Crippen LogP contribution in [0.4, 0.5) is 5.69 Å². The molecule has 6 nitrogen and oxygen atoms in total. The van der Waals surface area contributed by atoms with Gasteiger partial charge in [0.1, 0.15) is 11.2 Å². The summed E-state index contributed by atoms with van der Waals surface area (Å²) in [5.41, 5.74) is 2.84. The molecule has 0 radical (unpaired) electrons. The van der Waals surface area contributed by atoms with E-state index in [1.807, 2.05) is 18.2 Å². The van der Waals surface area contributed by atoms with Crippen LogP contribution < -0.4 is 5.43 Å². The maximum atomic E-state index is 12.0. The van der Waals surface area contributed by atoms with Crippen molar-refractivity contribution in [1.82, 2.24) is 4.98 Å². The maximum absolute atomic E-state index is 12.0. The highest BCUT2D eigenvalue weighted by molar-refractivity contribution is 5.84. The van der Waals surface area contributed by atoms with Crippen LogP contribution in [0.15, 0.2) is 69.9 Å². The second-order valence-corrected chi connectivity index (χ2v) is 5.30. The average Bonchev–Trinajstić information content (AvgIpc) is 2.59. The van der Waals surface area contributed by atoms with Crippen molar-refractivity contribution in [2.45, 2.75) is 0 Å². The molecule has 0 aromatic heterocycles. The topological polar surface area (TPSA) is 86.2 Å². The first-order valence-corrected chi connectivity index (χ1v) is 7.20. The minimum atomic E-state index is -0.465. The monoisotopic (exact) mass is 318 g/mol. The second kappa shape index (κ2) is 5.27. The van der Waals surface area contributed by atoms with Crippen LogP contribution in [0.5, 0.6) is 0 Å². The van der Waals surface area contributed by atoms with Gasteiger partial charge in [0, 0.05) is 23.8 Å². The van der Waals surface area contributed by atoms with Crippen molar-refractivity contribution in [3.8, 4) is 22.6 Å². The molecule has 116 valence electrons. The van der Waals surface area contributed by atoms with E-state index in [0.29, 0.717) is 33.7 Å². The lowest BCUT2D eigenvalue weighted by atomic mass is 10.0. The number of rotatable bonds is 2. The van der Waals surface area contributed by atoms with Gasteiger partial charge in [0.25, 0.3) is 5.69 Å². The molecule has 0 bridgehead atoms. The predicted octanol–water partition coefficient (Wildman–Crippen LogP) is 3.87. The van der Waals surface area contributed by atoms with Crippen LogP contribution >= 0.6 is 0 Å². The largest absolute Gasteiger partial charge is 0.453 e. The van der Waals surface area contributed by atoms with Crippen LogP contribution in [0.3, 0.4) is 0 Å². The van der Waals surface area contributed by atoms with E-state index in [4.69, 9.17) is 4.42 Å². The minimum absolute atomic E-state index is 0.00979. The molecule has 2 aromatic rings. The fourth-order valence-electron chi connectivity index (χ4n) is 2.63. The van der Waals surface area contributed by atoms with Gasteiger partial charge in [-0.1, -0.05) is 12.1 Å². The summed E-state index contributed by atoms with van der Waals surface area (Å²) in [6, 6.07) is 16.1. The Kier molecular flexibility index (Phi) is 3.09. The zero-order chi connectivity index (χ0) is 16.7. The summed E-state index contributed by atoms with van der Waals surface area (Å²) in [4.78, 5) is 26.9. The lowest BCUT2D eigenvalue weighted by molar-refractivity contribution is -0.384. The summed E-state index contributed by atoms with van der Waals surface area (Å²) in [6.45, 7) is 0. The Hall–Kier alpha value is -3.54. The molecule has 0 fully saturated rings. The Morgan fingerprint density at radius 3 is 2.50 bits per heavy atom. The molecule has 24 heavy (non-hydrogen) atoms.